The van der Waals surface area contributed by atoms with Crippen LogP contribution in [-0.4, -0.2) is 42.9 Å². The van der Waals surface area contributed by atoms with Gasteiger partial charge in [-0.25, -0.2) is 0 Å². The number of hydrogen-bond acceptors (Lipinski definition) is 3. The van der Waals surface area contributed by atoms with Gasteiger partial charge in [0.1, 0.15) is 0 Å². The zero-order valence-corrected chi connectivity index (χ0v) is 14.8. The summed E-state index contributed by atoms with van der Waals surface area (Å²) in [7, 11) is 0. The maximum atomic E-state index is 11.1. The van der Waals surface area contributed by atoms with Gasteiger partial charge in [0.2, 0.25) is 0 Å². The summed E-state index contributed by atoms with van der Waals surface area (Å²) in [4.78, 5) is 2.52. The van der Waals surface area contributed by atoms with Gasteiger partial charge in [0.15, 0.2) is 0 Å². The molecule has 1 aromatic rings. The highest BCUT2D eigenvalue weighted by atomic mass is 16.5. The van der Waals surface area contributed by atoms with Crippen LogP contribution >= 0.6 is 0 Å². The zero-order valence-electron chi connectivity index (χ0n) is 14.8. The molecule has 1 N–H and O–H groups in total. The molecule has 3 heteroatoms. The first kappa shape index (κ1) is 16.9. The molecule has 3 nitrogen and oxygen atoms in total. The van der Waals surface area contributed by atoms with Gasteiger partial charge in [-0.15, -0.1) is 0 Å². The van der Waals surface area contributed by atoms with E-state index in [0.29, 0.717) is 11.8 Å². The minimum Gasteiger partial charge on any atom is -0.385 e. The molecule has 1 aliphatic carbocycles. The Morgan fingerprint density at radius 1 is 1.22 bits per heavy atom. The van der Waals surface area contributed by atoms with Crippen LogP contribution in [0.3, 0.4) is 0 Å². The van der Waals surface area contributed by atoms with Gasteiger partial charge in [-0.05, 0) is 49.1 Å². The molecule has 2 fully saturated rings. The van der Waals surface area contributed by atoms with E-state index in [4.69, 9.17) is 4.74 Å². The smallest absolute Gasteiger partial charge is 0.0901 e. The Balaban J connectivity index is 1.59. The highest BCUT2D eigenvalue weighted by Crippen LogP contribution is 2.59. The predicted octanol–water partition coefficient (Wildman–Crippen LogP) is 3.28. The van der Waals surface area contributed by atoms with Crippen molar-refractivity contribution >= 4 is 0 Å². The lowest BCUT2D eigenvalue weighted by atomic mass is 9.48. The summed E-state index contributed by atoms with van der Waals surface area (Å²) >= 11 is 0. The fourth-order valence-electron chi connectivity index (χ4n) is 4.60. The standard InChI is InChI=1S/C20H31NO2/c1-19(2)17(9-10-21-11-13-23-14-12-21)15-18(19)20(3,22)16-7-5-4-6-8-16/h4-8,17-18,22H,9-15H2,1-3H3/t17-,18+,20?/m0/s1. The second-order valence-corrected chi connectivity index (χ2v) is 8.06. The molecule has 3 atom stereocenters. The summed E-state index contributed by atoms with van der Waals surface area (Å²) in [5.74, 6) is 1.03. The van der Waals surface area contributed by atoms with Crippen LogP contribution in [0.5, 0.6) is 0 Å². The van der Waals surface area contributed by atoms with Crippen molar-refractivity contribution in [2.45, 2.75) is 39.2 Å². The SMILES string of the molecule is CC(O)(c1ccccc1)[C@@H]1C[C@H](CCN2CCOCC2)C1(C)C. The molecule has 0 bridgehead atoms. The highest BCUT2D eigenvalue weighted by molar-refractivity contribution is 5.25. The summed E-state index contributed by atoms with van der Waals surface area (Å²) in [5.41, 5.74) is 0.496. The Morgan fingerprint density at radius 2 is 1.87 bits per heavy atom. The second-order valence-electron chi connectivity index (χ2n) is 8.06. The van der Waals surface area contributed by atoms with Gasteiger partial charge in [0.05, 0.1) is 18.8 Å². The first-order chi connectivity index (χ1) is 10.9. The maximum absolute atomic E-state index is 11.1. The molecule has 1 saturated heterocycles. The van der Waals surface area contributed by atoms with Crippen LogP contribution in [0.4, 0.5) is 0 Å². The molecule has 128 valence electrons. The number of ether oxygens (including phenoxy) is 1. The third-order valence-corrected chi connectivity index (χ3v) is 6.40. The summed E-state index contributed by atoms with van der Waals surface area (Å²) < 4.78 is 5.42. The molecule has 1 aromatic carbocycles. The summed E-state index contributed by atoms with van der Waals surface area (Å²) in [5, 5.41) is 11.1. The van der Waals surface area contributed by atoms with Gasteiger partial charge in [0.25, 0.3) is 0 Å². The lowest BCUT2D eigenvalue weighted by Gasteiger charge is -2.58. The topological polar surface area (TPSA) is 32.7 Å². The molecular weight excluding hydrogens is 286 g/mol. The molecule has 3 rings (SSSR count). The van der Waals surface area contributed by atoms with E-state index >= 15 is 0 Å². The minimum absolute atomic E-state index is 0.186. The van der Waals surface area contributed by atoms with Crippen molar-refractivity contribution in [3.8, 4) is 0 Å². The fourth-order valence-corrected chi connectivity index (χ4v) is 4.60. The van der Waals surface area contributed by atoms with Gasteiger partial charge in [-0.1, -0.05) is 44.2 Å². The molecule has 1 unspecified atom stereocenters. The predicted molar refractivity (Wildman–Crippen MR) is 93.3 cm³/mol. The van der Waals surface area contributed by atoms with Gasteiger partial charge >= 0.3 is 0 Å². The number of aliphatic hydroxyl groups is 1. The summed E-state index contributed by atoms with van der Waals surface area (Å²) in [6.45, 7) is 11.7. The molecule has 1 saturated carbocycles. The van der Waals surface area contributed by atoms with Crippen molar-refractivity contribution in [1.82, 2.24) is 4.90 Å². The molecule has 0 radical (unpaired) electrons. The van der Waals surface area contributed by atoms with Crippen LogP contribution in [0, 0.1) is 17.3 Å². The minimum atomic E-state index is -0.736. The number of morpholine rings is 1. The lowest BCUT2D eigenvalue weighted by Crippen LogP contribution is -2.55. The third kappa shape index (κ3) is 3.33. The van der Waals surface area contributed by atoms with E-state index in [9.17, 15) is 5.11 Å². The van der Waals surface area contributed by atoms with Crippen LogP contribution in [-0.2, 0) is 10.3 Å². The van der Waals surface area contributed by atoms with Crippen molar-refractivity contribution in [2.75, 3.05) is 32.8 Å². The summed E-state index contributed by atoms with van der Waals surface area (Å²) in [6.07, 6.45) is 2.35. The Kier molecular flexibility index (Phi) is 4.82. The molecule has 23 heavy (non-hydrogen) atoms. The molecule has 0 amide bonds. The van der Waals surface area contributed by atoms with Crippen LogP contribution < -0.4 is 0 Å². The number of benzene rings is 1. The van der Waals surface area contributed by atoms with E-state index in [2.05, 4.69) is 30.9 Å². The summed E-state index contributed by atoms with van der Waals surface area (Å²) in [6, 6.07) is 10.2. The van der Waals surface area contributed by atoms with Gasteiger partial charge in [-0.3, -0.25) is 4.90 Å². The molecular formula is C20H31NO2. The van der Waals surface area contributed by atoms with E-state index in [1.807, 2.05) is 25.1 Å². The van der Waals surface area contributed by atoms with Crippen molar-refractivity contribution in [1.29, 1.82) is 0 Å². The zero-order chi connectivity index (χ0) is 16.5. The van der Waals surface area contributed by atoms with E-state index in [1.54, 1.807) is 0 Å². The average Bonchev–Trinajstić information content (AvgIpc) is 2.55. The monoisotopic (exact) mass is 317 g/mol. The maximum Gasteiger partial charge on any atom is 0.0901 e. The second kappa shape index (κ2) is 6.54. The quantitative estimate of drug-likeness (QED) is 0.904. The third-order valence-electron chi connectivity index (χ3n) is 6.40. The number of nitrogens with zero attached hydrogens (tertiary/aromatic N) is 1. The van der Waals surface area contributed by atoms with Crippen molar-refractivity contribution in [3.63, 3.8) is 0 Å². The Bertz CT molecular complexity index is 506. The van der Waals surface area contributed by atoms with Crippen LogP contribution in [0.25, 0.3) is 0 Å². The number of hydrogen-bond donors (Lipinski definition) is 1. The van der Waals surface area contributed by atoms with Crippen LogP contribution in [0.1, 0.15) is 39.2 Å². The molecule has 0 aromatic heterocycles. The van der Waals surface area contributed by atoms with E-state index in [0.717, 1.165) is 44.8 Å². The number of rotatable bonds is 5. The van der Waals surface area contributed by atoms with Gasteiger partial charge in [-0.2, -0.15) is 0 Å². The van der Waals surface area contributed by atoms with Crippen LogP contribution in [0.15, 0.2) is 30.3 Å². The van der Waals surface area contributed by atoms with Crippen molar-refractivity contribution < 1.29 is 9.84 Å². The average molecular weight is 317 g/mol. The first-order valence-electron chi connectivity index (χ1n) is 9.00. The van der Waals surface area contributed by atoms with E-state index < -0.39 is 5.60 Å². The van der Waals surface area contributed by atoms with Crippen molar-refractivity contribution in [3.05, 3.63) is 35.9 Å². The van der Waals surface area contributed by atoms with Gasteiger partial charge in [0, 0.05) is 13.1 Å². The lowest BCUT2D eigenvalue weighted by molar-refractivity contribution is -0.156. The normalized spacial score (nSPS) is 30.4. The Hall–Kier alpha value is -0.900. The fraction of sp³-hybridized carbons (Fsp3) is 0.700. The van der Waals surface area contributed by atoms with E-state index in [1.165, 1.54) is 6.42 Å². The first-order valence-corrected chi connectivity index (χ1v) is 9.00. The Morgan fingerprint density at radius 3 is 2.48 bits per heavy atom. The largest absolute Gasteiger partial charge is 0.385 e. The van der Waals surface area contributed by atoms with E-state index in [-0.39, 0.29) is 5.41 Å². The van der Waals surface area contributed by atoms with Gasteiger partial charge < -0.3 is 9.84 Å². The van der Waals surface area contributed by atoms with Crippen LogP contribution in [0.2, 0.25) is 0 Å². The molecule has 1 heterocycles. The van der Waals surface area contributed by atoms with Crippen molar-refractivity contribution in [2.24, 2.45) is 17.3 Å². The molecule has 2 aliphatic rings. The molecule has 1 aliphatic heterocycles. The highest BCUT2D eigenvalue weighted by Gasteiger charge is 2.55. The molecule has 0 spiro atoms. The Labute approximate surface area is 140 Å².